The zero-order chi connectivity index (χ0) is 26.4. The van der Waals surface area contributed by atoms with E-state index in [1.165, 1.54) is 24.3 Å². The molecule has 36 heavy (non-hydrogen) atoms. The van der Waals surface area contributed by atoms with Crippen molar-refractivity contribution >= 4 is 11.9 Å². The Morgan fingerprint density at radius 2 is 1.67 bits per heavy atom. The van der Waals surface area contributed by atoms with Crippen molar-refractivity contribution < 1.29 is 37.0 Å². The first kappa shape index (κ1) is 29.6. The number of cyclic esters (lactones) is 1. The lowest BCUT2D eigenvalue weighted by Gasteiger charge is -2.35. The maximum atomic E-state index is 14.3. The van der Waals surface area contributed by atoms with Crippen LogP contribution < -0.4 is 0 Å². The topological polar surface area (TPSA) is 61.8 Å². The predicted octanol–water partition coefficient (Wildman–Crippen LogP) is 6.96. The van der Waals surface area contributed by atoms with Gasteiger partial charge in [-0.2, -0.15) is 13.2 Å². The third-order valence-corrected chi connectivity index (χ3v) is 6.26. The van der Waals surface area contributed by atoms with Crippen molar-refractivity contribution in [2.45, 2.75) is 95.1 Å². The van der Waals surface area contributed by atoms with Crippen LogP contribution in [0.3, 0.4) is 0 Å². The number of carbonyl (C=O) groups excluding carboxylic acids is 2. The van der Waals surface area contributed by atoms with E-state index in [2.05, 4.69) is 6.08 Å². The smallest absolute Gasteiger partial charge is 0.432 e. The van der Waals surface area contributed by atoms with Crippen LogP contribution in [0.2, 0.25) is 0 Å². The quantitative estimate of drug-likeness (QED) is 0.317. The Balaban J connectivity index is 2.33. The van der Waals surface area contributed by atoms with E-state index in [0.29, 0.717) is 12.8 Å². The highest BCUT2D eigenvalue weighted by Gasteiger charge is 2.64. The van der Waals surface area contributed by atoms with Crippen LogP contribution in [0, 0.1) is 0 Å². The molecule has 5 nitrogen and oxygen atoms in total. The lowest BCUT2D eigenvalue weighted by Crippen LogP contribution is -2.53. The Morgan fingerprint density at radius 3 is 2.33 bits per heavy atom. The highest BCUT2D eigenvalue weighted by Crippen LogP contribution is 2.43. The number of halogens is 3. The van der Waals surface area contributed by atoms with Crippen molar-refractivity contribution in [1.29, 1.82) is 0 Å². The summed E-state index contributed by atoms with van der Waals surface area (Å²) < 4.78 is 58.9. The molecule has 0 radical (unpaired) electrons. The fourth-order valence-corrected chi connectivity index (χ4v) is 4.21. The molecule has 2 rings (SSSR count). The van der Waals surface area contributed by atoms with Crippen molar-refractivity contribution in [2.75, 3.05) is 7.11 Å². The summed E-state index contributed by atoms with van der Waals surface area (Å²) in [7, 11) is 0.826. The minimum Gasteiger partial charge on any atom is -0.458 e. The molecule has 1 aromatic rings. The van der Waals surface area contributed by atoms with E-state index in [4.69, 9.17) is 14.2 Å². The summed E-state index contributed by atoms with van der Waals surface area (Å²) >= 11 is 0. The Labute approximate surface area is 211 Å². The van der Waals surface area contributed by atoms with Crippen LogP contribution in [0.5, 0.6) is 0 Å². The fraction of sp³-hybridized carbons (Fsp3) is 0.571. The van der Waals surface area contributed by atoms with Crippen LogP contribution in [0.1, 0.15) is 76.7 Å². The molecule has 0 N–H and O–H groups in total. The van der Waals surface area contributed by atoms with Gasteiger partial charge in [-0.05, 0) is 32.1 Å². The van der Waals surface area contributed by atoms with Gasteiger partial charge in [0.25, 0.3) is 5.60 Å². The lowest BCUT2D eigenvalue weighted by molar-refractivity contribution is -0.279. The molecule has 0 aromatic heterocycles. The van der Waals surface area contributed by atoms with E-state index >= 15 is 0 Å². The Kier molecular flexibility index (Phi) is 12.2. The molecule has 0 spiro atoms. The van der Waals surface area contributed by atoms with Crippen LogP contribution in [0.15, 0.2) is 54.6 Å². The number of rotatable bonds is 5. The molecule has 200 valence electrons. The Hall–Kier alpha value is -2.61. The first-order valence-corrected chi connectivity index (χ1v) is 12.6. The number of allylic oxidation sites excluding steroid dienone is 3. The lowest BCUT2D eigenvalue weighted by atomic mass is 9.92. The number of hydrogen-bond donors (Lipinski definition) is 0. The monoisotopic (exact) mass is 510 g/mol. The third-order valence-electron chi connectivity index (χ3n) is 6.26. The van der Waals surface area contributed by atoms with Crippen molar-refractivity contribution in [2.24, 2.45) is 0 Å². The molecule has 1 heterocycles. The minimum atomic E-state index is -5.09. The molecule has 1 aromatic carbocycles. The molecule has 0 unspecified atom stereocenters. The van der Waals surface area contributed by atoms with Gasteiger partial charge in [-0.25, -0.2) is 4.79 Å². The molecule has 0 aliphatic carbocycles. The maximum Gasteiger partial charge on any atom is 0.432 e. The summed E-state index contributed by atoms with van der Waals surface area (Å²) in [6, 6.07) is 6.67. The number of carbonyl (C=O) groups is 2. The van der Waals surface area contributed by atoms with E-state index in [1.807, 2.05) is 12.2 Å². The molecule has 0 bridgehead atoms. The van der Waals surface area contributed by atoms with Gasteiger partial charge in [0, 0.05) is 25.5 Å². The summed E-state index contributed by atoms with van der Waals surface area (Å²) in [6.07, 6.45) is 7.61. The highest BCUT2D eigenvalue weighted by molar-refractivity contribution is 5.83. The predicted molar refractivity (Wildman–Crippen MR) is 131 cm³/mol. The third kappa shape index (κ3) is 8.22. The number of ether oxygens (including phenoxy) is 3. The second-order valence-corrected chi connectivity index (χ2v) is 8.85. The van der Waals surface area contributed by atoms with E-state index in [1.54, 1.807) is 19.1 Å². The van der Waals surface area contributed by atoms with Gasteiger partial charge in [0.2, 0.25) is 0 Å². The van der Waals surface area contributed by atoms with E-state index in [0.717, 1.165) is 39.2 Å². The first-order chi connectivity index (χ1) is 17.3. The highest BCUT2D eigenvalue weighted by atomic mass is 19.4. The van der Waals surface area contributed by atoms with E-state index < -0.39 is 35.9 Å². The molecule has 3 atom stereocenters. The van der Waals surface area contributed by atoms with Gasteiger partial charge < -0.3 is 14.2 Å². The summed E-state index contributed by atoms with van der Waals surface area (Å²) in [5.74, 6) is -2.04. The molecule has 0 fully saturated rings. The second-order valence-electron chi connectivity index (χ2n) is 8.85. The summed E-state index contributed by atoms with van der Waals surface area (Å²) in [4.78, 5) is 25.7. The van der Waals surface area contributed by atoms with Crippen LogP contribution in [0.4, 0.5) is 13.2 Å². The van der Waals surface area contributed by atoms with E-state index in [-0.39, 0.29) is 24.8 Å². The molecule has 1 aliphatic heterocycles. The van der Waals surface area contributed by atoms with E-state index in [9.17, 15) is 22.8 Å². The Morgan fingerprint density at radius 1 is 1.00 bits per heavy atom. The van der Waals surface area contributed by atoms with Gasteiger partial charge in [-0.15, -0.1) is 0 Å². The Bertz CT molecular complexity index is 866. The maximum absolute atomic E-state index is 14.3. The molecule has 0 amide bonds. The molecular formula is C28H37F3O5. The fourth-order valence-electron chi connectivity index (χ4n) is 4.21. The van der Waals surface area contributed by atoms with Crippen LogP contribution >= 0.6 is 0 Å². The van der Waals surface area contributed by atoms with Gasteiger partial charge in [-0.1, -0.05) is 80.8 Å². The summed E-state index contributed by atoms with van der Waals surface area (Å²) in [6.45, 7) is 1.73. The normalized spacial score (nSPS) is 24.5. The molecule has 8 heteroatoms. The van der Waals surface area contributed by atoms with Crippen LogP contribution in [0.25, 0.3) is 0 Å². The first-order valence-electron chi connectivity index (χ1n) is 12.6. The largest absolute Gasteiger partial charge is 0.458 e. The summed E-state index contributed by atoms with van der Waals surface area (Å²) in [5.41, 5.74) is -3.70. The zero-order valence-corrected chi connectivity index (χ0v) is 21.1. The SMILES string of the molecule is CC[C@@H]1OC(=O)CCCCCCC/C=C\C/C=C\C[C@H]1OC(=O)[C@@](OC)(c1ccccc1)C(F)(F)F. The molecule has 0 saturated heterocycles. The van der Waals surface area contributed by atoms with Crippen LogP contribution in [-0.4, -0.2) is 37.4 Å². The van der Waals surface area contributed by atoms with Crippen molar-refractivity contribution in [1.82, 2.24) is 0 Å². The number of hydrogen-bond acceptors (Lipinski definition) is 5. The average Bonchev–Trinajstić information content (AvgIpc) is 2.85. The van der Waals surface area contributed by atoms with Crippen molar-refractivity contribution in [3.05, 3.63) is 60.2 Å². The molecular weight excluding hydrogens is 473 g/mol. The van der Waals surface area contributed by atoms with Gasteiger partial charge in [0.15, 0.2) is 0 Å². The number of benzene rings is 1. The molecule has 1 aliphatic rings. The van der Waals surface area contributed by atoms with Crippen molar-refractivity contribution in [3.8, 4) is 0 Å². The average molecular weight is 511 g/mol. The number of alkyl halides is 3. The summed E-state index contributed by atoms with van der Waals surface area (Å²) in [5, 5.41) is 0. The van der Waals surface area contributed by atoms with Gasteiger partial charge in [-0.3, -0.25) is 4.79 Å². The van der Waals surface area contributed by atoms with Gasteiger partial charge >= 0.3 is 18.1 Å². The zero-order valence-electron chi connectivity index (χ0n) is 21.1. The van der Waals surface area contributed by atoms with Gasteiger partial charge in [0.05, 0.1) is 0 Å². The van der Waals surface area contributed by atoms with Crippen molar-refractivity contribution in [3.63, 3.8) is 0 Å². The second kappa shape index (κ2) is 14.8. The minimum absolute atomic E-state index is 0.0950. The van der Waals surface area contributed by atoms with Crippen LogP contribution in [-0.2, 0) is 29.4 Å². The van der Waals surface area contributed by atoms with Gasteiger partial charge in [0.1, 0.15) is 12.2 Å². The number of esters is 2. The standard InChI is InChI=1S/C28H37F3O5/c1-3-23-24(20-16-11-9-7-5-4-6-8-10-12-17-21-25(32)35-23)36-26(33)27(34-2,28(29,30)31)22-18-14-13-15-19-22/h5,7,11,13-16,18-19,23-24H,3-4,6,8-10,12,17,20-21H2,1-2H3/b7-5-,16-11-/t23-,24+,27-/m0/s1. The number of methoxy groups -OCH3 is 1. The molecule has 0 saturated carbocycles.